The van der Waals surface area contributed by atoms with Crippen LogP contribution >= 0.6 is 11.6 Å². The van der Waals surface area contributed by atoms with Gasteiger partial charge in [-0.2, -0.15) is 13.2 Å². The van der Waals surface area contributed by atoms with Gasteiger partial charge in [-0.3, -0.25) is 4.79 Å². The highest BCUT2D eigenvalue weighted by molar-refractivity contribution is 6.31. The van der Waals surface area contributed by atoms with Gasteiger partial charge in [0, 0.05) is 33.7 Å². The fourth-order valence-corrected chi connectivity index (χ4v) is 4.12. The molecule has 1 fully saturated rings. The molecule has 0 atom stereocenters. The summed E-state index contributed by atoms with van der Waals surface area (Å²) in [5, 5.41) is 16.5. The highest BCUT2D eigenvalue weighted by atomic mass is 35.5. The highest BCUT2D eigenvalue weighted by Crippen LogP contribution is 2.35. The van der Waals surface area contributed by atoms with Gasteiger partial charge in [-0.1, -0.05) is 11.6 Å². The maximum atomic E-state index is 13.3. The van der Waals surface area contributed by atoms with Crippen LogP contribution in [0.1, 0.15) is 41.7 Å². The molecular weight excluding hydrogens is 443 g/mol. The second kappa shape index (κ2) is 8.86. The standard InChI is InChI=1S/C23H21ClF3N3O2/c24-14-3-10-19-18(11-14)20(12-21(30-19)23(25,26)27)28-15-4-6-16(7-5-15)29-22(32)13-1-8-17(31)9-2-13/h1-3,8-12,15-16,31H,4-7H2,(H,28,30)(H,29,32). The van der Waals surface area contributed by atoms with Crippen LogP contribution in [0.25, 0.3) is 10.9 Å². The Morgan fingerprint density at radius 1 is 1.00 bits per heavy atom. The summed E-state index contributed by atoms with van der Waals surface area (Å²) in [7, 11) is 0. The van der Waals surface area contributed by atoms with E-state index in [9.17, 15) is 23.1 Å². The quantitative estimate of drug-likeness (QED) is 0.459. The van der Waals surface area contributed by atoms with Crippen molar-refractivity contribution in [2.75, 3.05) is 5.32 Å². The van der Waals surface area contributed by atoms with E-state index in [1.807, 2.05) is 0 Å². The molecule has 9 heteroatoms. The Bertz CT molecular complexity index is 1130. The summed E-state index contributed by atoms with van der Waals surface area (Å²) in [6.45, 7) is 0. The minimum atomic E-state index is -4.56. The molecule has 2 aromatic carbocycles. The summed E-state index contributed by atoms with van der Waals surface area (Å²) in [5.74, 6) is -0.127. The van der Waals surface area contributed by atoms with Gasteiger partial charge < -0.3 is 15.7 Å². The largest absolute Gasteiger partial charge is 0.508 e. The lowest BCUT2D eigenvalue weighted by Gasteiger charge is -2.30. The second-order valence-electron chi connectivity index (χ2n) is 7.93. The van der Waals surface area contributed by atoms with Crippen molar-refractivity contribution in [2.24, 2.45) is 0 Å². The van der Waals surface area contributed by atoms with Crippen LogP contribution in [0.2, 0.25) is 5.02 Å². The molecule has 1 aliphatic rings. The Hall–Kier alpha value is -3.00. The summed E-state index contributed by atoms with van der Waals surface area (Å²) in [6.07, 6.45) is -1.80. The van der Waals surface area contributed by atoms with Gasteiger partial charge in [-0.05, 0) is 74.2 Å². The molecule has 4 rings (SSSR count). The molecule has 1 saturated carbocycles. The number of hydrogen-bond donors (Lipinski definition) is 3. The van der Waals surface area contributed by atoms with Crippen LogP contribution in [0.4, 0.5) is 18.9 Å². The summed E-state index contributed by atoms with van der Waals surface area (Å²) in [4.78, 5) is 16.1. The number of aromatic nitrogens is 1. The Morgan fingerprint density at radius 2 is 1.66 bits per heavy atom. The van der Waals surface area contributed by atoms with Crippen molar-refractivity contribution in [3.63, 3.8) is 0 Å². The molecule has 1 amide bonds. The number of pyridine rings is 1. The first kappa shape index (κ1) is 22.2. The van der Waals surface area contributed by atoms with Gasteiger partial charge in [0.2, 0.25) is 0 Å². The van der Waals surface area contributed by atoms with Gasteiger partial charge in [0.05, 0.1) is 5.52 Å². The Balaban J connectivity index is 1.44. The average molecular weight is 464 g/mol. The van der Waals surface area contributed by atoms with E-state index in [4.69, 9.17) is 11.6 Å². The third kappa shape index (κ3) is 5.07. The number of amides is 1. The number of nitrogens with one attached hydrogen (secondary N) is 2. The number of rotatable bonds is 4. The van der Waals surface area contributed by atoms with E-state index in [0.717, 1.165) is 6.07 Å². The number of hydrogen-bond acceptors (Lipinski definition) is 4. The van der Waals surface area contributed by atoms with Gasteiger partial charge in [0.25, 0.3) is 5.91 Å². The third-order valence-corrected chi connectivity index (χ3v) is 5.85. The molecule has 1 aliphatic carbocycles. The highest BCUT2D eigenvalue weighted by Gasteiger charge is 2.34. The lowest BCUT2D eigenvalue weighted by Crippen LogP contribution is -2.40. The smallest absolute Gasteiger partial charge is 0.433 e. The molecule has 32 heavy (non-hydrogen) atoms. The topological polar surface area (TPSA) is 74.2 Å². The van der Waals surface area contributed by atoms with E-state index in [1.165, 1.54) is 24.3 Å². The molecule has 5 nitrogen and oxygen atoms in total. The number of alkyl halides is 3. The minimum absolute atomic E-state index is 0.0243. The number of halogens is 4. The summed E-state index contributed by atoms with van der Waals surface area (Å²) in [6, 6.07) is 11.6. The van der Waals surface area contributed by atoms with Crippen LogP contribution < -0.4 is 10.6 Å². The maximum absolute atomic E-state index is 13.3. The van der Waals surface area contributed by atoms with E-state index in [1.54, 1.807) is 18.2 Å². The van der Waals surface area contributed by atoms with Crippen LogP contribution in [0.5, 0.6) is 5.75 Å². The van der Waals surface area contributed by atoms with Gasteiger partial charge in [0.15, 0.2) is 0 Å². The minimum Gasteiger partial charge on any atom is -0.508 e. The van der Waals surface area contributed by atoms with Crippen molar-refractivity contribution in [1.29, 1.82) is 0 Å². The number of benzene rings is 2. The van der Waals surface area contributed by atoms with Gasteiger partial charge in [-0.15, -0.1) is 0 Å². The lowest BCUT2D eigenvalue weighted by atomic mass is 9.90. The first-order valence-electron chi connectivity index (χ1n) is 10.2. The fourth-order valence-electron chi connectivity index (χ4n) is 3.95. The van der Waals surface area contributed by atoms with Crippen LogP contribution in [-0.2, 0) is 6.18 Å². The molecule has 1 heterocycles. The number of carbonyl (C=O) groups is 1. The number of anilines is 1. The van der Waals surface area contributed by atoms with E-state index in [0.29, 0.717) is 47.3 Å². The number of carbonyl (C=O) groups excluding carboxylic acids is 1. The van der Waals surface area contributed by atoms with Crippen molar-refractivity contribution in [1.82, 2.24) is 10.3 Å². The predicted molar refractivity (Wildman–Crippen MR) is 117 cm³/mol. The molecule has 0 bridgehead atoms. The molecule has 1 aromatic heterocycles. The van der Waals surface area contributed by atoms with Crippen molar-refractivity contribution in [3.05, 3.63) is 64.8 Å². The normalized spacial score (nSPS) is 19.0. The second-order valence-corrected chi connectivity index (χ2v) is 8.36. The Morgan fingerprint density at radius 3 is 2.31 bits per heavy atom. The average Bonchev–Trinajstić information content (AvgIpc) is 2.75. The van der Waals surface area contributed by atoms with Gasteiger partial charge in [0.1, 0.15) is 11.4 Å². The van der Waals surface area contributed by atoms with Crippen LogP contribution in [0.3, 0.4) is 0 Å². The molecule has 0 unspecified atom stereocenters. The zero-order valence-electron chi connectivity index (χ0n) is 16.9. The molecule has 3 N–H and O–H groups in total. The number of phenolic OH excluding ortho intramolecular Hbond substituents is 1. The van der Waals surface area contributed by atoms with Crippen molar-refractivity contribution in [2.45, 2.75) is 43.9 Å². The maximum Gasteiger partial charge on any atom is 0.433 e. The number of phenols is 1. The third-order valence-electron chi connectivity index (χ3n) is 5.61. The molecule has 3 aromatic rings. The number of nitrogens with zero attached hydrogens (tertiary/aromatic N) is 1. The van der Waals surface area contributed by atoms with Crippen LogP contribution in [0.15, 0.2) is 48.5 Å². The van der Waals surface area contributed by atoms with Crippen molar-refractivity contribution in [3.8, 4) is 5.75 Å². The van der Waals surface area contributed by atoms with Crippen molar-refractivity contribution >= 4 is 34.1 Å². The van der Waals surface area contributed by atoms with Gasteiger partial charge in [-0.25, -0.2) is 4.98 Å². The molecule has 0 aliphatic heterocycles. The van der Waals surface area contributed by atoms with E-state index in [-0.39, 0.29) is 29.3 Å². The Kier molecular flexibility index (Phi) is 6.15. The molecule has 0 radical (unpaired) electrons. The van der Waals surface area contributed by atoms with E-state index < -0.39 is 11.9 Å². The Labute approximate surface area is 187 Å². The van der Waals surface area contributed by atoms with Crippen LogP contribution in [-0.4, -0.2) is 28.1 Å². The zero-order chi connectivity index (χ0) is 22.9. The predicted octanol–water partition coefficient (Wildman–Crippen LogP) is 5.77. The van der Waals surface area contributed by atoms with E-state index >= 15 is 0 Å². The lowest BCUT2D eigenvalue weighted by molar-refractivity contribution is -0.140. The first-order valence-corrected chi connectivity index (χ1v) is 10.6. The molecule has 0 saturated heterocycles. The zero-order valence-corrected chi connectivity index (χ0v) is 17.7. The van der Waals surface area contributed by atoms with Crippen LogP contribution in [0, 0.1) is 0 Å². The van der Waals surface area contributed by atoms with Gasteiger partial charge >= 0.3 is 6.18 Å². The summed E-state index contributed by atoms with van der Waals surface area (Å²) < 4.78 is 40.0. The molecule has 168 valence electrons. The van der Waals surface area contributed by atoms with Crippen molar-refractivity contribution < 1.29 is 23.1 Å². The molecular formula is C23H21ClF3N3O2. The first-order chi connectivity index (χ1) is 15.2. The molecule has 0 spiro atoms. The number of fused-ring (bicyclic) bond motifs is 1. The summed E-state index contributed by atoms with van der Waals surface area (Å²) >= 11 is 6.06. The monoisotopic (exact) mass is 463 g/mol. The summed E-state index contributed by atoms with van der Waals surface area (Å²) in [5.41, 5.74) is 0.0792. The number of aromatic hydroxyl groups is 1. The van der Waals surface area contributed by atoms with E-state index in [2.05, 4.69) is 15.6 Å². The SMILES string of the molecule is O=C(NC1CCC(Nc2cc(C(F)(F)F)nc3ccc(Cl)cc23)CC1)c1ccc(O)cc1. The fraction of sp³-hybridized carbons (Fsp3) is 0.304.